The molecule has 0 amide bonds. The predicted octanol–water partition coefficient (Wildman–Crippen LogP) is 4.83. The Hall–Kier alpha value is -2.87. The number of rotatable bonds is 3. The maximum absolute atomic E-state index is 12.7. The Morgan fingerprint density at radius 1 is 1.14 bits per heavy atom. The summed E-state index contributed by atoms with van der Waals surface area (Å²) in [5, 5.41) is 5.35. The predicted molar refractivity (Wildman–Crippen MR) is 113 cm³/mol. The summed E-state index contributed by atoms with van der Waals surface area (Å²) in [6.45, 7) is 1.82. The van der Waals surface area contributed by atoms with Gasteiger partial charge in [-0.15, -0.1) is 5.10 Å². The smallest absolute Gasteiger partial charge is 0.291 e. The van der Waals surface area contributed by atoms with Crippen molar-refractivity contribution in [3.8, 4) is 22.7 Å². The lowest BCUT2D eigenvalue weighted by atomic mass is 10.2. The van der Waals surface area contributed by atoms with E-state index < -0.39 is 0 Å². The number of nitrogens with zero attached hydrogens (tertiary/aromatic N) is 3. The molecule has 0 saturated carbocycles. The fraction of sp³-hybridized carbons (Fsp3) is 0.0500. The van der Waals surface area contributed by atoms with E-state index in [1.54, 1.807) is 48.7 Å². The summed E-state index contributed by atoms with van der Waals surface area (Å²) in [7, 11) is 0. The second-order valence-electron chi connectivity index (χ2n) is 6.30. The highest BCUT2D eigenvalue weighted by Gasteiger charge is 2.15. The van der Waals surface area contributed by atoms with Crippen molar-refractivity contribution in [3.63, 3.8) is 0 Å². The van der Waals surface area contributed by atoms with Gasteiger partial charge in [-0.3, -0.25) is 4.79 Å². The highest BCUT2D eigenvalue weighted by molar-refractivity contribution is 7.15. The van der Waals surface area contributed by atoms with E-state index in [2.05, 4.69) is 10.1 Å². The summed E-state index contributed by atoms with van der Waals surface area (Å²) in [6, 6.07) is 10.5. The molecular weight excluding hydrogens is 433 g/mol. The van der Waals surface area contributed by atoms with Crippen molar-refractivity contribution >= 4 is 45.6 Å². The van der Waals surface area contributed by atoms with Gasteiger partial charge in [0.25, 0.3) is 5.56 Å². The minimum Gasteiger partial charge on any atom is -0.469 e. The lowest BCUT2D eigenvalue weighted by molar-refractivity contribution is 0.535. The summed E-state index contributed by atoms with van der Waals surface area (Å²) in [5.41, 5.74) is 1.27. The van der Waals surface area contributed by atoms with Crippen molar-refractivity contribution in [1.82, 2.24) is 14.6 Å². The second-order valence-corrected chi connectivity index (χ2v) is 8.18. The van der Waals surface area contributed by atoms with E-state index in [9.17, 15) is 4.79 Å². The van der Waals surface area contributed by atoms with Gasteiger partial charge in [-0.05, 0) is 43.3 Å². The first-order chi connectivity index (χ1) is 14.0. The van der Waals surface area contributed by atoms with E-state index in [1.165, 1.54) is 15.9 Å². The standard InChI is InChI=1S/C20H11Cl2N3O3S/c1-10-15(4-5-27-10)18-23-20-25(24-18)19(26)17(29-20)9-14-2-3-16(28-14)11-6-12(21)8-13(22)7-11/h2-9H,1H3. The number of hydrogen-bond donors (Lipinski definition) is 0. The van der Waals surface area contributed by atoms with Gasteiger partial charge in [0, 0.05) is 21.7 Å². The Morgan fingerprint density at radius 2 is 1.93 bits per heavy atom. The normalized spacial score (nSPS) is 12.3. The average molecular weight is 444 g/mol. The maximum atomic E-state index is 12.7. The van der Waals surface area contributed by atoms with Crippen molar-refractivity contribution in [2.45, 2.75) is 6.92 Å². The number of hydrogen-bond acceptors (Lipinski definition) is 6. The van der Waals surface area contributed by atoms with Gasteiger partial charge in [-0.25, -0.2) is 0 Å². The maximum Gasteiger partial charge on any atom is 0.291 e. The Labute approximate surface area is 177 Å². The molecule has 0 aliphatic heterocycles. The van der Waals surface area contributed by atoms with Gasteiger partial charge in [-0.2, -0.15) is 9.50 Å². The Morgan fingerprint density at radius 3 is 2.62 bits per heavy atom. The van der Waals surface area contributed by atoms with Crippen LogP contribution in [0.15, 0.2) is 56.3 Å². The molecule has 5 rings (SSSR count). The first-order valence-electron chi connectivity index (χ1n) is 8.50. The minimum atomic E-state index is -0.256. The van der Waals surface area contributed by atoms with E-state index in [0.29, 0.717) is 42.6 Å². The van der Waals surface area contributed by atoms with Crippen LogP contribution in [0.1, 0.15) is 11.5 Å². The quantitative estimate of drug-likeness (QED) is 0.399. The van der Waals surface area contributed by atoms with Crippen LogP contribution in [-0.2, 0) is 0 Å². The Bertz CT molecular complexity index is 1460. The zero-order chi connectivity index (χ0) is 20.1. The zero-order valence-electron chi connectivity index (χ0n) is 14.8. The van der Waals surface area contributed by atoms with Crippen molar-refractivity contribution in [2.75, 3.05) is 0 Å². The molecule has 9 heteroatoms. The Balaban J connectivity index is 1.54. The first kappa shape index (κ1) is 18.2. The van der Waals surface area contributed by atoms with E-state index in [-0.39, 0.29) is 5.56 Å². The lowest BCUT2D eigenvalue weighted by Crippen LogP contribution is -2.23. The average Bonchev–Trinajstić information content (AvgIpc) is 3.42. The van der Waals surface area contributed by atoms with Gasteiger partial charge < -0.3 is 8.83 Å². The second kappa shape index (κ2) is 6.88. The van der Waals surface area contributed by atoms with Crippen molar-refractivity contribution in [2.24, 2.45) is 0 Å². The van der Waals surface area contributed by atoms with Crippen LogP contribution >= 0.6 is 34.5 Å². The van der Waals surface area contributed by atoms with E-state index >= 15 is 0 Å². The van der Waals surface area contributed by atoms with Crippen LogP contribution < -0.4 is 10.1 Å². The topological polar surface area (TPSA) is 73.5 Å². The van der Waals surface area contributed by atoms with Crippen LogP contribution in [0.4, 0.5) is 0 Å². The summed E-state index contributed by atoms with van der Waals surface area (Å²) in [5.74, 6) is 2.30. The van der Waals surface area contributed by atoms with Gasteiger partial charge in [0.05, 0.1) is 11.8 Å². The summed E-state index contributed by atoms with van der Waals surface area (Å²) in [6.07, 6.45) is 3.24. The number of benzene rings is 1. The number of aryl methyl sites for hydroxylation is 1. The molecule has 0 aliphatic rings. The Kier molecular flexibility index (Phi) is 4.31. The SMILES string of the molecule is Cc1occc1-c1nc2sc(=Cc3ccc(-c4cc(Cl)cc(Cl)c4)o3)c(=O)n2n1. The molecule has 0 atom stereocenters. The van der Waals surface area contributed by atoms with Crippen LogP contribution in [0.5, 0.6) is 0 Å². The van der Waals surface area contributed by atoms with Crippen molar-refractivity contribution < 1.29 is 8.83 Å². The van der Waals surface area contributed by atoms with Gasteiger partial charge in [-0.1, -0.05) is 34.5 Å². The molecule has 0 saturated heterocycles. The third-order valence-electron chi connectivity index (χ3n) is 4.33. The minimum absolute atomic E-state index is 0.256. The van der Waals surface area contributed by atoms with E-state index in [4.69, 9.17) is 32.0 Å². The molecule has 0 fully saturated rings. The fourth-order valence-corrected chi connectivity index (χ4v) is 4.39. The van der Waals surface area contributed by atoms with Crippen LogP contribution in [0.25, 0.3) is 33.7 Å². The van der Waals surface area contributed by atoms with Crippen LogP contribution in [0, 0.1) is 6.92 Å². The molecule has 144 valence electrons. The third-order valence-corrected chi connectivity index (χ3v) is 5.72. The molecule has 0 aliphatic carbocycles. The first-order valence-corrected chi connectivity index (χ1v) is 10.1. The molecule has 0 radical (unpaired) electrons. The highest BCUT2D eigenvalue weighted by Crippen LogP contribution is 2.29. The molecule has 0 N–H and O–H groups in total. The van der Waals surface area contributed by atoms with Gasteiger partial charge in [0.15, 0.2) is 5.82 Å². The van der Waals surface area contributed by atoms with Gasteiger partial charge in [0.1, 0.15) is 21.8 Å². The number of furan rings is 2. The number of fused-ring (bicyclic) bond motifs is 1. The number of thiazole rings is 1. The van der Waals surface area contributed by atoms with Crippen molar-refractivity contribution in [3.05, 3.63) is 79.1 Å². The van der Waals surface area contributed by atoms with Gasteiger partial charge in [0.2, 0.25) is 4.96 Å². The summed E-state index contributed by atoms with van der Waals surface area (Å²) >= 11 is 13.3. The van der Waals surface area contributed by atoms with Crippen LogP contribution in [-0.4, -0.2) is 14.6 Å². The van der Waals surface area contributed by atoms with E-state index in [0.717, 1.165) is 11.1 Å². The molecule has 1 aromatic carbocycles. The summed E-state index contributed by atoms with van der Waals surface area (Å²) < 4.78 is 12.9. The molecule has 6 nitrogen and oxygen atoms in total. The molecule has 5 aromatic rings. The molecule has 4 heterocycles. The number of halogens is 2. The number of aromatic nitrogens is 3. The third kappa shape index (κ3) is 3.27. The van der Waals surface area contributed by atoms with Gasteiger partial charge >= 0.3 is 0 Å². The monoisotopic (exact) mass is 443 g/mol. The molecule has 29 heavy (non-hydrogen) atoms. The molecule has 0 spiro atoms. The molecular formula is C20H11Cl2N3O3S. The molecule has 0 bridgehead atoms. The van der Waals surface area contributed by atoms with Crippen LogP contribution in [0.3, 0.4) is 0 Å². The highest BCUT2D eigenvalue weighted by atomic mass is 35.5. The fourth-order valence-electron chi connectivity index (χ4n) is 2.98. The molecule has 4 aromatic heterocycles. The van der Waals surface area contributed by atoms with Crippen LogP contribution in [0.2, 0.25) is 10.0 Å². The molecule has 0 unspecified atom stereocenters. The van der Waals surface area contributed by atoms with Crippen molar-refractivity contribution in [1.29, 1.82) is 0 Å². The van der Waals surface area contributed by atoms with E-state index in [1.807, 2.05) is 6.92 Å². The largest absolute Gasteiger partial charge is 0.469 e. The zero-order valence-corrected chi connectivity index (χ0v) is 17.2. The lowest BCUT2D eigenvalue weighted by Gasteiger charge is -1.99. The summed E-state index contributed by atoms with van der Waals surface area (Å²) in [4.78, 5) is 17.7.